The fourth-order valence-corrected chi connectivity index (χ4v) is 5.25. The second kappa shape index (κ2) is 7.30. The van der Waals surface area contributed by atoms with Crippen molar-refractivity contribution in [3.63, 3.8) is 0 Å². The Morgan fingerprint density at radius 1 is 1.08 bits per heavy atom. The fourth-order valence-electron chi connectivity index (χ4n) is 5.25. The van der Waals surface area contributed by atoms with Crippen LogP contribution in [0, 0.1) is 17.8 Å². The summed E-state index contributed by atoms with van der Waals surface area (Å²) in [4.78, 5) is 18.6. The summed E-state index contributed by atoms with van der Waals surface area (Å²) in [5.74, 6) is 2.41. The first-order valence-corrected chi connectivity index (χ1v) is 9.86. The summed E-state index contributed by atoms with van der Waals surface area (Å²) < 4.78 is 0. The topological polar surface area (TPSA) is 52.8 Å². The van der Waals surface area contributed by atoms with Gasteiger partial charge in [0.15, 0.2) is 0 Å². The maximum atomic E-state index is 11.5. The van der Waals surface area contributed by atoms with E-state index >= 15 is 0 Å². The third kappa shape index (κ3) is 3.63. The lowest BCUT2D eigenvalue weighted by Crippen LogP contribution is -2.51. The number of rotatable bonds is 4. The molecule has 5 heteroatoms. The van der Waals surface area contributed by atoms with Crippen LogP contribution in [0.5, 0.6) is 0 Å². The van der Waals surface area contributed by atoms with Crippen LogP contribution >= 0.6 is 0 Å². The second-order valence-corrected chi connectivity index (χ2v) is 8.67. The molecular weight excluding hydrogens is 300 g/mol. The Balaban J connectivity index is 1.48. The molecular formula is C19H36N4O. The Morgan fingerprint density at radius 2 is 1.75 bits per heavy atom. The van der Waals surface area contributed by atoms with E-state index in [2.05, 4.69) is 30.6 Å². The molecule has 138 valence electrons. The zero-order valence-electron chi connectivity index (χ0n) is 15.9. The van der Waals surface area contributed by atoms with E-state index in [4.69, 9.17) is 5.73 Å². The Kier molecular flexibility index (Phi) is 5.52. The molecule has 3 rings (SSSR count). The highest BCUT2D eigenvalue weighted by Crippen LogP contribution is 2.43. The van der Waals surface area contributed by atoms with E-state index in [-0.39, 0.29) is 5.91 Å². The van der Waals surface area contributed by atoms with Crippen LogP contribution in [0.1, 0.15) is 40.5 Å². The van der Waals surface area contributed by atoms with Crippen molar-refractivity contribution in [2.75, 3.05) is 39.3 Å². The van der Waals surface area contributed by atoms with Gasteiger partial charge in [-0.3, -0.25) is 9.69 Å². The van der Waals surface area contributed by atoms with Crippen LogP contribution in [-0.2, 0) is 4.79 Å². The lowest BCUT2D eigenvalue weighted by Gasteiger charge is -2.39. The van der Waals surface area contributed by atoms with Gasteiger partial charge >= 0.3 is 0 Å². The number of nitrogens with two attached hydrogens (primary N) is 1. The molecule has 2 N–H and O–H groups in total. The molecule has 2 aliphatic heterocycles. The lowest BCUT2D eigenvalue weighted by molar-refractivity contribution is -0.130. The highest BCUT2D eigenvalue weighted by Gasteiger charge is 2.47. The van der Waals surface area contributed by atoms with E-state index in [9.17, 15) is 4.79 Å². The fraction of sp³-hybridized carbons (Fsp3) is 0.947. The zero-order valence-corrected chi connectivity index (χ0v) is 15.9. The molecule has 0 aromatic heterocycles. The van der Waals surface area contributed by atoms with E-state index in [0.29, 0.717) is 30.0 Å². The van der Waals surface area contributed by atoms with Crippen molar-refractivity contribution < 1.29 is 4.79 Å². The van der Waals surface area contributed by atoms with Gasteiger partial charge in [-0.2, -0.15) is 0 Å². The summed E-state index contributed by atoms with van der Waals surface area (Å²) >= 11 is 0. The summed E-state index contributed by atoms with van der Waals surface area (Å²) in [6, 6.07) is 1.60. The molecule has 24 heavy (non-hydrogen) atoms. The predicted molar refractivity (Wildman–Crippen MR) is 97.7 cm³/mol. The molecule has 2 saturated heterocycles. The lowest BCUT2D eigenvalue weighted by atomic mass is 9.92. The Bertz CT molecular complexity index is 447. The van der Waals surface area contributed by atoms with Gasteiger partial charge in [0.25, 0.3) is 0 Å². The Hall–Kier alpha value is -0.650. The Morgan fingerprint density at radius 3 is 2.29 bits per heavy atom. The molecule has 0 aromatic carbocycles. The maximum Gasteiger partial charge on any atom is 0.219 e. The molecule has 1 amide bonds. The number of nitrogens with zero attached hydrogens (tertiary/aromatic N) is 3. The van der Waals surface area contributed by atoms with Crippen LogP contribution in [0.2, 0.25) is 0 Å². The zero-order chi connectivity index (χ0) is 17.4. The van der Waals surface area contributed by atoms with Crippen molar-refractivity contribution in [3.8, 4) is 0 Å². The molecule has 5 atom stereocenters. The van der Waals surface area contributed by atoms with Crippen LogP contribution in [0.15, 0.2) is 0 Å². The van der Waals surface area contributed by atoms with Crippen molar-refractivity contribution in [2.45, 2.75) is 58.7 Å². The second-order valence-electron chi connectivity index (χ2n) is 8.67. The predicted octanol–water partition coefficient (Wildman–Crippen LogP) is 1.23. The number of carbonyl (C=O) groups is 1. The van der Waals surface area contributed by atoms with Gasteiger partial charge in [0.1, 0.15) is 0 Å². The van der Waals surface area contributed by atoms with Crippen molar-refractivity contribution in [1.29, 1.82) is 0 Å². The Labute approximate surface area is 147 Å². The number of amides is 1. The molecule has 5 nitrogen and oxygen atoms in total. The number of hydrogen-bond acceptors (Lipinski definition) is 4. The molecule has 1 aliphatic carbocycles. The molecule has 0 radical (unpaired) electrons. The number of fused-ring (bicyclic) bond motifs is 1. The van der Waals surface area contributed by atoms with Crippen LogP contribution in [0.3, 0.4) is 0 Å². The summed E-state index contributed by atoms with van der Waals surface area (Å²) in [5.41, 5.74) is 6.67. The van der Waals surface area contributed by atoms with Gasteiger partial charge in [0, 0.05) is 64.3 Å². The minimum absolute atomic E-state index is 0.211. The average molecular weight is 337 g/mol. The molecule has 3 aliphatic rings. The normalized spacial score (nSPS) is 36.3. The van der Waals surface area contributed by atoms with Gasteiger partial charge in [0.2, 0.25) is 5.91 Å². The van der Waals surface area contributed by atoms with Crippen LogP contribution in [-0.4, -0.2) is 78.0 Å². The minimum atomic E-state index is 0.211. The summed E-state index contributed by atoms with van der Waals surface area (Å²) in [7, 11) is 0. The van der Waals surface area contributed by atoms with Gasteiger partial charge in [0.05, 0.1) is 0 Å². The van der Waals surface area contributed by atoms with E-state index < -0.39 is 0 Å². The molecule has 2 heterocycles. The number of likely N-dealkylation sites (tertiary alicyclic amines) is 1. The van der Waals surface area contributed by atoms with Gasteiger partial charge in [-0.25, -0.2) is 0 Å². The van der Waals surface area contributed by atoms with Crippen molar-refractivity contribution >= 4 is 5.91 Å². The van der Waals surface area contributed by atoms with Crippen molar-refractivity contribution in [2.24, 2.45) is 23.5 Å². The van der Waals surface area contributed by atoms with Crippen LogP contribution in [0.4, 0.5) is 0 Å². The van der Waals surface area contributed by atoms with Crippen LogP contribution in [0.25, 0.3) is 0 Å². The van der Waals surface area contributed by atoms with E-state index in [1.54, 1.807) is 6.92 Å². The van der Waals surface area contributed by atoms with E-state index in [1.807, 2.05) is 4.90 Å². The third-order valence-corrected chi connectivity index (χ3v) is 6.92. The minimum Gasteiger partial charge on any atom is -0.340 e. The molecule has 2 unspecified atom stereocenters. The van der Waals surface area contributed by atoms with Crippen LogP contribution < -0.4 is 5.73 Å². The summed E-state index contributed by atoms with van der Waals surface area (Å²) in [6.45, 7) is 14.9. The summed E-state index contributed by atoms with van der Waals surface area (Å²) in [6.07, 6.45) is 2.53. The molecule has 0 spiro atoms. The number of hydrogen-bond donors (Lipinski definition) is 1. The highest BCUT2D eigenvalue weighted by atomic mass is 16.2. The number of carbonyl (C=O) groups excluding carboxylic acids is 1. The SMILES string of the molecule is CC(=O)N1CCN(C(C)CC2C[C@@H]3CN(C(C)C)C[C@@H]3[C@H]2N)CC1. The first kappa shape index (κ1) is 18.2. The largest absolute Gasteiger partial charge is 0.340 e. The monoisotopic (exact) mass is 336 g/mol. The van der Waals surface area contributed by atoms with Crippen molar-refractivity contribution in [3.05, 3.63) is 0 Å². The first-order valence-electron chi connectivity index (χ1n) is 9.86. The average Bonchev–Trinajstić information content (AvgIpc) is 3.08. The standard InChI is InChI=1S/C19H36N4O/c1-13(2)23-11-17-10-16(19(20)18(17)12-23)9-14(3)21-5-7-22(8-6-21)15(4)24/h13-14,16-19H,5-12,20H2,1-4H3/t14?,16?,17-,18+,19+/m1/s1. The van der Waals surface area contributed by atoms with E-state index in [1.165, 1.54) is 25.9 Å². The molecule has 0 aromatic rings. The summed E-state index contributed by atoms with van der Waals surface area (Å²) in [5, 5.41) is 0. The number of piperazine rings is 1. The molecule has 1 saturated carbocycles. The van der Waals surface area contributed by atoms with Gasteiger partial charge in [-0.1, -0.05) is 0 Å². The van der Waals surface area contributed by atoms with Gasteiger partial charge < -0.3 is 15.5 Å². The molecule has 3 fully saturated rings. The van der Waals surface area contributed by atoms with Gasteiger partial charge in [-0.05, 0) is 51.4 Å². The quantitative estimate of drug-likeness (QED) is 0.839. The highest BCUT2D eigenvalue weighted by molar-refractivity contribution is 5.73. The maximum absolute atomic E-state index is 11.5. The molecule has 0 bridgehead atoms. The first-order chi connectivity index (χ1) is 11.4. The van der Waals surface area contributed by atoms with Gasteiger partial charge in [-0.15, -0.1) is 0 Å². The smallest absolute Gasteiger partial charge is 0.219 e. The third-order valence-electron chi connectivity index (χ3n) is 6.92. The van der Waals surface area contributed by atoms with E-state index in [0.717, 1.165) is 32.1 Å². The van der Waals surface area contributed by atoms with Crippen molar-refractivity contribution in [1.82, 2.24) is 14.7 Å².